The average molecular weight is 563 g/mol. The van der Waals surface area contributed by atoms with Crippen LogP contribution in [0.1, 0.15) is 16.1 Å². The number of rotatable bonds is 8. The molecule has 0 saturated carbocycles. The third kappa shape index (κ3) is 7.57. The molecule has 1 heterocycles. The number of carboxylic acids is 1. The van der Waals surface area contributed by atoms with E-state index in [4.69, 9.17) is 9.15 Å². The number of aromatic carboxylic acids is 1. The van der Waals surface area contributed by atoms with Gasteiger partial charge in [-0.2, -0.15) is 0 Å². The van der Waals surface area contributed by atoms with Crippen molar-refractivity contribution in [3.05, 3.63) is 78.3 Å². The first kappa shape index (κ1) is 31.3. The maximum atomic E-state index is 11.9. The van der Waals surface area contributed by atoms with Crippen molar-refractivity contribution in [1.82, 2.24) is 0 Å². The summed E-state index contributed by atoms with van der Waals surface area (Å²) in [5, 5.41) is 13.2. The van der Waals surface area contributed by atoms with Gasteiger partial charge in [0.1, 0.15) is 37.5 Å². The topological polar surface area (TPSA) is 186 Å². The summed E-state index contributed by atoms with van der Waals surface area (Å²) in [6.45, 7) is 0.0666. The number of furan rings is 1. The minimum Gasteiger partial charge on any atom is -0.744 e. The number of hydrogen-bond donors (Lipinski definition) is 2. The van der Waals surface area contributed by atoms with Crippen molar-refractivity contribution in [2.45, 2.75) is 16.3 Å². The number of benzene rings is 3. The zero-order valence-corrected chi connectivity index (χ0v) is 25.1. The number of hydrogen-bond acceptors (Lipinski definition) is 10. The summed E-state index contributed by atoms with van der Waals surface area (Å²) in [4.78, 5) is 10.4. The summed E-state index contributed by atoms with van der Waals surface area (Å²) in [7, 11) is -9.79. The molecule has 0 saturated heterocycles. The van der Waals surface area contributed by atoms with Crippen LogP contribution in [-0.2, 0) is 26.8 Å². The van der Waals surface area contributed by atoms with Gasteiger partial charge in [-0.25, -0.2) is 21.6 Å². The first-order chi connectivity index (χ1) is 16.4. The second-order valence-electron chi connectivity index (χ2n) is 7.26. The molecule has 182 valence electrons. The van der Waals surface area contributed by atoms with Crippen LogP contribution < -0.4 is 69.2 Å². The fourth-order valence-electron chi connectivity index (χ4n) is 3.30. The van der Waals surface area contributed by atoms with Crippen LogP contribution in [0.5, 0.6) is 11.5 Å². The number of carboxylic acid groups (broad SMARTS) is 1. The third-order valence-electron chi connectivity index (χ3n) is 4.92. The number of carbonyl (C=O) groups is 1. The van der Waals surface area contributed by atoms with Gasteiger partial charge in [-0.15, -0.1) is 0 Å². The first-order valence-corrected chi connectivity index (χ1v) is 12.5. The minimum absolute atomic E-state index is 0. The molecule has 15 heteroatoms. The molecule has 0 aliphatic carbocycles. The van der Waals surface area contributed by atoms with Crippen LogP contribution in [0.25, 0.3) is 10.8 Å². The van der Waals surface area contributed by atoms with E-state index >= 15 is 0 Å². The van der Waals surface area contributed by atoms with Crippen LogP contribution in [0.2, 0.25) is 0 Å². The molecular weight excluding hydrogens is 548 g/mol. The number of ether oxygens (including phenoxy) is 1. The molecule has 2 N–H and O–H groups in total. The molecule has 11 nitrogen and oxygen atoms in total. The van der Waals surface area contributed by atoms with Crippen LogP contribution >= 0.6 is 0 Å². The van der Waals surface area contributed by atoms with Gasteiger partial charge < -0.3 is 28.7 Å². The second-order valence-corrected chi connectivity index (χ2v) is 9.99. The molecule has 0 spiro atoms. The molecule has 0 unspecified atom stereocenters. The van der Waals surface area contributed by atoms with E-state index in [9.17, 15) is 35.8 Å². The van der Waals surface area contributed by atoms with E-state index in [1.165, 1.54) is 36.6 Å². The van der Waals surface area contributed by atoms with Gasteiger partial charge in [0.25, 0.3) is 0 Å². The SMILES string of the molecule is O=C(O)c1cc(S(=O)(=O)[O-])c(Oc2ccc3cc(S(=O)(=O)[O-])ccc3c2)cc1NCc1ccco1.[Na+].[Na+]. The maximum Gasteiger partial charge on any atom is 1.00 e. The monoisotopic (exact) mass is 563 g/mol. The van der Waals surface area contributed by atoms with Gasteiger partial charge in [-0.05, 0) is 53.2 Å². The zero-order valence-electron chi connectivity index (χ0n) is 19.5. The minimum atomic E-state index is -5.14. The van der Waals surface area contributed by atoms with Crippen LogP contribution in [0.3, 0.4) is 0 Å². The predicted octanol–water partition coefficient (Wildman–Crippen LogP) is -2.65. The fourth-order valence-corrected chi connectivity index (χ4v) is 4.42. The Bertz CT molecular complexity index is 1650. The molecule has 0 aliphatic heterocycles. The van der Waals surface area contributed by atoms with Crippen LogP contribution in [-0.4, -0.2) is 37.0 Å². The van der Waals surface area contributed by atoms with Crippen LogP contribution in [0.15, 0.2) is 81.1 Å². The molecule has 0 radical (unpaired) electrons. The molecule has 4 rings (SSSR count). The summed E-state index contributed by atoms with van der Waals surface area (Å²) >= 11 is 0. The molecule has 0 fully saturated rings. The Morgan fingerprint density at radius 1 is 0.919 bits per heavy atom. The van der Waals surface area contributed by atoms with Crippen molar-refractivity contribution in [3.8, 4) is 11.5 Å². The maximum absolute atomic E-state index is 11.9. The Kier molecular flexibility index (Phi) is 10.4. The van der Waals surface area contributed by atoms with E-state index in [0.29, 0.717) is 22.6 Å². The average Bonchev–Trinajstić information content (AvgIpc) is 3.29. The summed E-state index contributed by atoms with van der Waals surface area (Å²) in [5.74, 6) is -1.36. The van der Waals surface area contributed by atoms with E-state index in [-0.39, 0.29) is 77.1 Å². The Morgan fingerprint density at radius 3 is 2.19 bits per heavy atom. The number of fused-ring (bicyclic) bond motifs is 1. The molecule has 37 heavy (non-hydrogen) atoms. The molecule has 1 aromatic heterocycles. The zero-order chi connectivity index (χ0) is 25.4. The van der Waals surface area contributed by atoms with Crippen molar-refractivity contribution in [3.63, 3.8) is 0 Å². The van der Waals surface area contributed by atoms with Gasteiger partial charge in [0.15, 0.2) is 0 Å². The molecule has 0 amide bonds. The summed E-state index contributed by atoms with van der Waals surface area (Å²) in [5.41, 5.74) is -0.495. The molecule has 0 aliphatic rings. The van der Waals surface area contributed by atoms with E-state index in [1.54, 1.807) is 12.1 Å². The van der Waals surface area contributed by atoms with Crippen molar-refractivity contribution in [1.29, 1.82) is 0 Å². The quantitative estimate of drug-likeness (QED) is 0.168. The van der Waals surface area contributed by atoms with Gasteiger partial charge in [-0.1, -0.05) is 12.1 Å². The van der Waals surface area contributed by atoms with E-state index in [1.807, 2.05) is 0 Å². The van der Waals surface area contributed by atoms with E-state index < -0.39 is 47.3 Å². The Morgan fingerprint density at radius 2 is 1.59 bits per heavy atom. The summed E-state index contributed by atoms with van der Waals surface area (Å²) in [6, 6.07) is 12.9. The van der Waals surface area contributed by atoms with Crippen LogP contribution in [0, 0.1) is 0 Å². The molecule has 4 aromatic rings. The van der Waals surface area contributed by atoms with E-state index in [0.717, 1.165) is 12.1 Å². The van der Waals surface area contributed by atoms with Crippen molar-refractivity contribution in [2.24, 2.45) is 0 Å². The molecule has 3 aromatic carbocycles. The number of nitrogens with one attached hydrogen (secondary N) is 1. The normalized spacial score (nSPS) is 11.3. The van der Waals surface area contributed by atoms with Gasteiger partial charge in [-0.3, -0.25) is 0 Å². The van der Waals surface area contributed by atoms with Gasteiger partial charge in [0.2, 0.25) is 0 Å². The van der Waals surface area contributed by atoms with Crippen molar-refractivity contribution < 1.29 is 104 Å². The fraction of sp³-hybridized carbons (Fsp3) is 0.0455. The smallest absolute Gasteiger partial charge is 0.744 e. The number of anilines is 1. The third-order valence-corrected chi connectivity index (χ3v) is 6.61. The van der Waals surface area contributed by atoms with Crippen molar-refractivity contribution >= 4 is 42.7 Å². The first-order valence-electron chi connectivity index (χ1n) is 9.73. The summed E-state index contributed by atoms with van der Waals surface area (Å²) in [6.07, 6.45) is 1.42. The van der Waals surface area contributed by atoms with Gasteiger partial charge in [0, 0.05) is 6.07 Å². The van der Waals surface area contributed by atoms with E-state index in [2.05, 4.69) is 5.32 Å². The molecule has 0 bridgehead atoms. The Hall–Kier alpha value is -1.91. The second kappa shape index (κ2) is 12.3. The molecular formula is C22H15NNa2O10S2. The van der Waals surface area contributed by atoms with Crippen molar-refractivity contribution in [2.75, 3.05) is 5.32 Å². The Balaban J connectivity index is 0.00000241. The van der Waals surface area contributed by atoms with Gasteiger partial charge in [0.05, 0.1) is 33.8 Å². The largest absolute Gasteiger partial charge is 1.00 e. The molecule has 0 atom stereocenters. The standard InChI is InChI=1S/C22H17NO10S2.2Na/c24-22(25)18-10-21(35(29,30)31)20(11-19(18)23-12-16-2-1-7-32-16)33-15-5-3-14-9-17(34(26,27)28)6-4-13(14)8-15;;/h1-11,23H,12H2,(H,24,25)(H,26,27,28)(H,29,30,31);;/q;2*+1/p-2. The van der Waals surface area contributed by atoms with Crippen LogP contribution in [0.4, 0.5) is 5.69 Å². The summed E-state index contributed by atoms with van der Waals surface area (Å²) < 4.78 is 80.1. The predicted molar refractivity (Wildman–Crippen MR) is 119 cm³/mol. The Labute approximate surface area is 255 Å². The van der Waals surface area contributed by atoms with Gasteiger partial charge >= 0.3 is 65.1 Å².